The second kappa shape index (κ2) is 4.26. The Hall–Kier alpha value is -1.35. The van der Waals surface area contributed by atoms with E-state index >= 15 is 0 Å². The molecule has 1 heterocycles. The topological polar surface area (TPSA) is 41.1 Å². The number of benzene rings is 1. The van der Waals surface area contributed by atoms with Crippen LogP contribution in [0, 0.1) is 6.92 Å². The normalized spacial score (nSPS) is 24.4. The van der Waals surface area contributed by atoms with Crippen LogP contribution >= 0.6 is 0 Å². The van der Waals surface area contributed by atoms with Crippen LogP contribution in [0.25, 0.3) is 0 Å². The van der Waals surface area contributed by atoms with E-state index in [4.69, 9.17) is 0 Å². The van der Waals surface area contributed by atoms with Gasteiger partial charge in [0.1, 0.15) is 0 Å². The molecule has 1 saturated heterocycles. The fourth-order valence-electron chi connectivity index (χ4n) is 1.99. The van der Waals surface area contributed by atoms with Crippen molar-refractivity contribution >= 4 is 11.6 Å². The minimum Gasteiger partial charge on any atom is -0.324 e. The number of hydrogen-bond donors (Lipinski definition) is 2. The van der Waals surface area contributed by atoms with Gasteiger partial charge in [0.15, 0.2) is 0 Å². The highest BCUT2D eigenvalue weighted by Gasteiger charge is 2.35. The summed E-state index contributed by atoms with van der Waals surface area (Å²) in [6.45, 7) is 4.92. The lowest BCUT2D eigenvalue weighted by atomic mass is 9.99. The molecule has 1 aliphatic heterocycles. The summed E-state index contributed by atoms with van der Waals surface area (Å²) in [6, 6.07) is 7.87. The minimum atomic E-state index is -0.398. The van der Waals surface area contributed by atoms with Crippen LogP contribution in [0.3, 0.4) is 0 Å². The van der Waals surface area contributed by atoms with Crippen LogP contribution in [-0.4, -0.2) is 18.0 Å². The number of nitrogens with one attached hydrogen (secondary N) is 2. The maximum Gasteiger partial charge on any atom is 0.244 e. The van der Waals surface area contributed by atoms with E-state index < -0.39 is 5.54 Å². The second-order valence-electron chi connectivity index (χ2n) is 4.68. The maximum absolute atomic E-state index is 12.0. The summed E-state index contributed by atoms with van der Waals surface area (Å²) in [5.74, 6) is 0.0638. The molecule has 0 saturated carbocycles. The van der Waals surface area contributed by atoms with Gasteiger partial charge in [0.2, 0.25) is 5.91 Å². The van der Waals surface area contributed by atoms with Crippen molar-refractivity contribution in [3.05, 3.63) is 29.8 Å². The number of amides is 1. The van der Waals surface area contributed by atoms with Gasteiger partial charge < -0.3 is 10.6 Å². The highest BCUT2D eigenvalue weighted by atomic mass is 16.2. The van der Waals surface area contributed by atoms with Gasteiger partial charge in [-0.15, -0.1) is 0 Å². The molecular formula is C13H18N2O. The van der Waals surface area contributed by atoms with Crippen molar-refractivity contribution in [2.45, 2.75) is 32.2 Å². The third-order valence-corrected chi connectivity index (χ3v) is 3.18. The molecule has 0 bridgehead atoms. The van der Waals surface area contributed by atoms with Crippen LogP contribution < -0.4 is 10.6 Å². The Labute approximate surface area is 96.2 Å². The van der Waals surface area contributed by atoms with Gasteiger partial charge in [-0.1, -0.05) is 17.7 Å². The number of carbonyl (C=O) groups excluding carboxylic acids is 1. The highest BCUT2D eigenvalue weighted by molar-refractivity contribution is 5.98. The third-order valence-electron chi connectivity index (χ3n) is 3.18. The first-order valence-corrected chi connectivity index (χ1v) is 5.73. The van der Waals surface area contributed by atoms with Gasteiger partial charge in [0, 0.05) is 5.69 Å². The number of rotatable bonds is 2. The van der Waals surface area contributed by atoms with Crippen molar-refractivity contribution in [3.8, 4) is 0 Å². The standard InChI is InChI=1S/C13H18N2O/c1-10-4-6-11(7-5-10)15-12(16)13(2)8-3-9-14-13/h4-7,14H,3,8-9H2,1-2H3,(H,15,16). The maximum atomic E-state index is 12.0. The zero-order valence-corrected chi connectivity index (χ0v) is 9.84. The summed E-state index contributed by atoms with van der Waals surface area (Å²) < 4.78 is 0. The molecule has 0 aliphatic carbocycles. The van der Waals surface area contributed by atoms with E-state index in [1.54, 1.807) is 0 Å². The molecular weight excluding hydrogens is 200 g/mol. The molecule has 16 heavy (non-hydrogen) atoms. The predicted molar refractivity (Wildman–Crippen MR) is 65.5 cm³/mol. The lowest BCUT2D eigenvalue weighted by Gasteiger charge is -2.23. The molecule has 0 aromatic heterocycles. The summed E-state index contributed by atoms with van der Waals surface area (Å²) >= 11 is 0. The van der Waals surface area contributed by atoms with Gasteiger partial charge >= 0.3 is 0 Å². The molecule has 2 rings (SSSR count). The van der Waals surface area contributed by atoms with E-state index in [0.717, 1.165) is 25.1 Å². The fourth-order valence-corrected chi connectivity index (χ4v) is 1.99. The Balaban J connectivity index is 2.04. The van der Waals surface area contributed by atoms with E-state index in [1.807, 2.05) is 38.1 Å². The monoisotopic (exact) mass is 218 g/mol. The Bertz CT molecular complexity index is 377. The first-order chi connectivity index (χ1) is 7.60. The molecule has 1 aromatic carbocycles. The number of carbonyl (C=O) groups is 1. The smallest absolute Gasteiger partial charge is 0.244 e. The van der Waals surface area contributed by atoms with Gasteiger partial charge in [-0.25, -0.2) is 0 Å². The second-order valence-corrected chi connectivity index (χ2v) is 4.68. The molecule has 0 spiro atoms. The molecule has 3 heteroatoms. The van der Waals surface area contributed by atoms with Gasteiger partial charge in [0.05, 0.1) is 5.54 Å². The SMILES string of the molecule is Cc1ccc(NC(=O)C2(C)CCCN2)cc1. The molecule has 1 aromatic rings. The van der Waals surface area contributed by atoms with E-state index in [0.29, 0.717) is 0 Å². The molecule has 0 radical (unpaired) electrons. The van der Waals surface area contributed by atoms with Crippen LogP contribution in [-0.2, 0) is 4.79 Å². The quantitative estimate of drug-likeness (QED) is 0.798. The van der Waals surface area contributed by atoms with Gasteiger partial charge in [0.25, 0.3) is 0 Å². The van der Waals surface area contributed by atoms with E-state index in [-0.39, 0.29) is 5.91 Å². The van der Waals surface area contributed by atoms with Crippen molar-refractivity contribution in [2.24, 2.45) is 0 Å². The zero-order chi connectivity index (χ0) is 11.6. The largest absolute Gasteiger partial charge is 0.324 e. The minimum absolute atomic E-state index is 0.0638. The van der Waals surface area contributed by atoms with Crippen molar-refractivity contribution < 1.29 is 4.79 Å². The number of anilines is 1. The third kappa shape index (κ3) is 2.25. The summed E-state index contributed by atoms with van der Waals surface area (Å²) in [7, 11) is 0. The molecule has 1 atom stereocenters. The summed E-state index contributed by atoms with van der Waals surface area (Å²) in [5.41, 5.74) is 1.67. The highest BCUT2D eigenvalue weighted by Crippen LogP contribution is 2.20. The van der Waals surface area contributed by atoms with Gasteiger partial charge in [-0.05, 0) is 45.4 Å². The summed E-state index contributed by atoms with van der Waals surface area (Å²) in [6.07, 6.45) is 1.97. The lowest BCUT2D eigenvalue weighted by molar-refractivity contribution is -0.121. The van der Waals surface area contributed by atoms with E-state index in [1.165, 1.54) is 5.56 Å². The molecule has 1 fully saturated rings. The Morgan fingerprint density at radius 2 is 2.06 bits per heavy atom. The van der Waals surface area contributed by atoms with Gasteiger partial charge in [-0.3, -0.25) is 4.79 Å². The van der Waals surface area contributed by atoms with Crippen LogP contribution in [0.4, 0.5) is 5.69 Å². The molecule has 1 unspecified atom stereocenters. The molecule has 1 amide bonds. The Morgan fingerprint density at radius 1 is 1.38 bits per heavy atom. The summed E-state index contributed by atoms with van der Waals surface area (Å²) in [5, 5.41) is 6.20. The number of hydrogen-bond acceptors (Lipinski definition) is 2. The first-order valence-electron chi connectivity index (χ1n) is 5.73. The van der Waals surface area contributed by atoms with Crippen LogP contribution in [0.2, 0.25) is 0 Å². The van der Waals surface area contributed by atoms with Gasteiger partial charge in [-0.2, -0.15) is 0 Å². The van der Waals surface area contributed by atoms with Crippen LogP contribution in [0.1, 0.15) is 25.3 Å². The molecule has 2 N–H and O–H groups in total. The van der Waals surface area contributed by atoms with E-state index in [9.17, 15) is 4.79 Å². The first kappa shape index (κ1) is 11.1. The van der Waals surface area contributed by atoms with Crippen LogP contribution in [0.15, 0.2) is 24.3 Å². The molecule has 86 valence electrons. The molecule has 3 nitrogen and oxygen atoms in total. The number of aryl methyl sites for hydroxylation is 1. The lowest BCUT2D eigenvalue weighted by Crippen LogP contribution is -2.47. The summed E-state index contributed by atoms with van der Waals surface area (Å²) in [4.78, 5) is 12.0. The van der Waals surface area contributed by atoms with Crippen LogP contribution in [0.5, 0.6) is 0 Å². The molecule has 1 aliphatic rings. The van der Waals surface area contributed by atoms with Crippen molar-refractivity contribution in [1.82, 2.24) is 5.32 Å². The average molecular weight is 218 g/mol. The van der Waals surface area contributed by atoms with Crippen molar-refractivity contribution in [2.75, 3.05) is 11.9 Å². The Morgan fingerprint density at radius 3 is 2.62 bits per heavy atom. The average Bonchev–Trinajstić information content (AvgIpc) is 2.70. The predicted octanol–water partition coefficient (Wildman–Crippen LogP) is 2.08. The Kier molecular flexibility index (Phi) is 2.97. The van der Waals surface area contributed by atoms with Crippen molar-refractivity contribution in [1.29, 1.82) is 0 Å². The fraction of sp³-hybridized carbons (Fsp3) is 0.462. The van der Waals surface area contributed by atoms with E-state index in [2.05, 4.69) is 10.6 Å². The zero-order valence-electron chi connectivity index (χ0n) is 9.84. The van der Waals surface area contributed by atoms with Crippen molar-refractivity contribution in [3.63, 3.8) is 0 Å².